The molecular weight excluding hydrogens is 297 g/mol. The second-order valence-corrected chi connectivity index (χ2v) is 5.03. The van der Waals surface area contributed by atoms with E-state index in [4.69, 9.17) is 27.9 Å². The standard InChI is InChI=1S/C14H17Cl2N3O/c1-2-20-10-4-8-19-9-7-17-14(19)18-13-11(15)5-3-6-12(13)16/h3,5-7,9H,2,4,8,10H2,1H3,(H,17,18). The Morgan fingerprint density at radius 3 is 2.75 bits per heavy atom. The molecule has 0 atom stereocenters. The largest absolute Gasteiger partial charge is 0.382 e. The Hall–Kier alpha value is -1.23. The van der Waals surface area contributed by atoms with Crippen LogP contribution < -0.4 is 5.32 Å². The summed E-state index contributed by atoms with van der Waals surface area (Å²) in [6.07, 6.45) is 4.59. The van der Waals surface area contributed by atoms with Gasteiger partial charge in [-0.25, -0.2) is 4.98 Å². The van der Waals surface area contributed by atoms with E-state index in [1.807, 2.05) is 23.8 Å². The van der Waals surface area contributed by atoms with Crippen LogP contribution in [0.25, 0.3) is 0 Å². The van der Waals surface area contributed by atoms with Crippen LogP contribution in [0.3, 0.4) is 0 Å². The van der Waals surface area contributed by atoms with Crippen LogP contribution in [0.5, 0.6) is 0 Å². The average Bonchev–Trinajstić information content (AvgIpc) is 2.87. The fourth-order valence-corrected chi connectivity index (χ4v) is 2.32. The van der Waals surface area contributed by atoms with Gasteiger partial charge in [-0.3, -0.25) is 0 Å². The zero-order valence-corrected chi connectivity index (χ0v) is 12.8. The number of aryl methyl sites for hydroxylation is 1. The minimum absolute atomic E-state index is 0.571. The molecule has 0 radical (unpaired) electrons. The second-order valence-electron chi connectivity index (χ2n) is 4.22. The van der Waals surface area contributed by atoms with E-state index in [2.05, 4.69) is 10.3 Å². The molecule has 1 aromatic heterocycles. The summed E-state index contributed by atoms with van der Waals surface area (Å²) in [6, 6.07) is 5.39. The number of anilines is 2. The van der Waals surface area contributed by atoms with Crippen molar-refractivity contribution in [3.8, 4) is 0 Å². The highest BCUT2D eigenvalue weighted by Gasteiger charge is 2.09. The maximum absolute atomic E-state index is 6.14. The first-order valence-corrected chi connectivity index (χ1v) is 7.28. The molecule has 0 aliphatic carbocycles. The van der Waals surface area contributed by atoms with Crippen LogP contribution in [-0.4, -0.2) is 22.8 Å². The maximum Gasteiger partial charge on any atom is 0.207 e. The summed E-state index contributed by atoms with van der Waals surface area (Å²) in [5, 5.41) is 4.32. The van der Waals surface area contributed by atoms with E-state index in [1.165, 1.54) is 0 Å². The van der Waals surface area contributed by atoms with Crippen molar-refractivity contribution in [3.05, 3.63) is 40.6 Å². The summed E-state index contributed by atoms with van der Waals surface area (Å²) < 4.78 is 7.34. The zero-order chi connectivity index (χ0) is 14.4. The number of imidazole rings is 1. The quantitative estimate of drug-likeness (QED) is 0.772. The Balaban J connectivity index is 2.05. The molecule has 2 rings (SSSR count). The van der Waals surface area contributed by atoms with Crippen molar-refractivity contribution in [2.24, 2.45) is 0 Å². The predicted molar refractivity (Wildman–Crippen MR) is 83.1 cm³/mol. The van der Waals surface area contributed by atoms with Crippen LogP contribution in [0.2, 0.25) is 10.0 Å². The highest BCUT2D eigenvalue weighted by Crippen LogP contribution is 2.32. The Morgan fingerprint density at radius 2 is 2.05 bits per heavy atom. The van der Waals surface area contributed by atoms with Crippen LogP contribution >= 0.6 is 23.2 Å². The van der Waals surface area contributed by atoms with Crippen molar-refractivity contribution in [1.29, 1.82) is 0 Å². The van der Waals surface area contributed by atoms with Gasteiger partial charge in [0, 0.05) is 32.2 Å². The summed E-state index contributed by atoms with van der Waals surface area (Å²) in [6.45, 7) is 4.29. The van der Waals surface area contributed by atoms with E-state index < -0.39 is 0 Å². The molecule has 108 valence electrons. The highest BCUT2D eigenvalue weighted by atomic mass is 35.5. The van der Waals surface area contributed by atoms with Gasteiger partial charge in [0.05, 0.1) is 15.7 Å². The minimum atomic E-state index is 0.571. The first-order valence-electron chi connectivity index (χ1n) is 6.52. The number of hydrogen-bond acceptors (Lipinski definition) is 3. The fraction of sp³-hybridized carbons (Fsp3) is 0.357. The molecule has 0 fully saturated rings. The zero-order valence-electron chi connectivity index (χ0n) is 11.3. The second kappa shape index (κ2) is 7.53. The van der Waals surface area contributed by atoms with Gasteiger partial charge in [-0.2, -0.15) is 0 Å². The van der Waals surface area contributed by atoms with E-state index in [1.54, 1.807) is 18.3 Å². The summed E-state index contributed by atoms with van der Waals surface area (Å²) in [7, 11) is 0. The topological polar surface area (TPSA) is 39.1 Å². The van der Waals surface area contributed by atoms with E-state index in [0.29, 0.717) is 15.7 Å². The van der Waals surface area contributed by atoms with Crippen LogP contribution in [0.1, 0.15) is 13.3 Å². The van der Waals surface area contributed by atoms with Gasteiger partial charge in [0.1, 0.15) is 0 Å². The first-order chi connectivity index (χ1) is 9.72. The Kier molecular flexibility index (Phi) is 5.71. The lowest BCUT2D eigenvalue weighted by atomic mass is 10.3. The van der Waals surface area contributed by atoms with Crippen LogP contribution in [0.4, 0.5) is 11.6 Å². The monoisotopic (exact) mass is 313 g/mol. The summed E-state index contributed by atoms with van der Waals surface area (Å²) in [5.74, 6) is 0.719. The van der Waals surface area contributed by atoms with E-state index in [9.17, 15) is 0 Å². The molecular formula is C14H17Cl2N3O. The number of ether oxygens (including phenoxy) is 1. The lowest BCUT2D eigenvalue weighted by Gasteiger charge is -2.12. The van der Waals surface area contributed by atoms with E-state index >= 15 is 0 Å². The number of halogens is 2. The molecule has 0 saturated heterocycles. The van der Waals surface area contributed by atoms with Crippen molar-refractivity contribution in [2.45, 2.75) is 19.9 Å². The molecule has 0 amide bonds. The molecule has 4 nitrogen and oxygen atoms in total. The van der Waals surface area contributed by atoms with Crippen molar-refractivity contribution >= 4 is 34.8 Å². The summed E-state index contributed by atoms with van der Waals surface area (Å²) in [5.41, 5.74) is 0.674. The van der Waals surface area contributed by atoms with Crippen molar-refractivity contribution < 1.29 is 4.74 Å². The van der Waals surface area contributed by atoms with Crippen molar-refractivity contribution in [2.75, 3.05) is 18.5 Å². The third-order valence-electron chi connectivity index (χ3n) is 2.81. The molecule has 6 heteroatoms. The van der Waals surface area contributed by atoms with Gasteiger partial charge in [0.2, 0.25) is 5.95 Å². The smallest absolute Gasteiger partial charge is 0.207 e. The lowest BCUT2D eigenvalue weighted by Crippen LogP contribution is -2.06. The van der Waals surface area contributed by atoms with Gasteiger partial charge in [0.15, 0.2) is 0 Å². The Labute approximate surface area is 128 Å². The molecule has 0 saturated carbocycles. The van der Waals surface area contributed by atoms with E-state index in [-0.39, 0.29) is 0 Å². The van der Waals surface area contributed by atoms with Crippen molar-refractivity contribution in [1.82, 2.24) is 9.55 Å². The van der Waals surface area contributed by atoms with Crippen LogP contribution in [0.15, 0.2) is 30.6 Å². The number of aromatic nitrogens is 2. The number of benzene rings is 1. The third-order valence-corrected chi connectivity index (χ3v) is 3.44. The molecule has 1 N–H and O–H groups in total. The summed E-state index contributed by atoms with van der Waals surface area (Å²) >= 11 is 12.3. The van der Waals surface area contributed by atoms with E-state index in [0.717, 1.165) is 32.1 Å². The van der Waals surface area contributed by atoms with Gasteiger partial charge in [-0.15, -0.1) is 0 Å². The minimum Gasteiger partial charge on any atom is -0.382 e. The highest BCUT2D eigenvalue weighted by molar-refractivity contribution is 6.39. The Morgan fingerprint density at radius 1 is 1.30 bits per heavy atom. The van der Waals surface area contributed by atoms with Crippen LogP contribution in [0, 0.1) is 0 Å². The molecule has 0 aliphatic heterocycles. The number of hydrogen-bond donors (Lipinski definition) is 1. The maximum atomic E-state index is 6.14. The number of nitrogens with one attached hydrogen (secondary N) is 1. The molecule has 2 aromatic rings. The first kappa shape index (κ1) is 15.2. The molecule has 0 aliphatic rings. The summed E-state index contributed by atoms with van der Waals surface area (Å²) in [4.78, 5) is 4.29. The Bertz CT molecular complexity index is 537. The SMILES string of the molecule is CCOCCCn1ccnc1Nc1c(Cl)cccc1Cl. The van der Waals surface area contributed by atoms with Gasteiger partial charge in [0.25, 0.3) is 0 Å². The fourth-order valence-electron chi connectivity index (χ4n) is 1.82. The number of rotatable bonds is 7. The average molecular weight is 314 g/mol. The molecule has 0 bridgehead atoms. The van der Waals surface area contributed by atoms with Crippen LogP contribution in [-0.2, 0) is 11.3 Å². The van der Waals surface area contributed by atoms with Gasteiger partial charge >= 0.3 is 0 Å². The molecule has 1 aromatic carbocycles. The third kappa shape index (κ3) is 3.88. The normalized spacial score (nSPS) is 10.8. The molecule has 0 spiro atoms. The molecule has 0 unspecified atom stereocenters. The predicted octanol–water partition coefficient (Wildman–Crippen LogP) is 4.36. The van der Waals surface area contributed by atoms with Crippen molar-refractivity contribution in [3.63, 3.8) is 0 Å². The lowest BCUT2D eigenvalue weighted by molar-refractivity contribution is 0.142. The van der Waals surface area contributed by atoms with Gasteiger partial charge < -0.3 is 14.6 Å². The number of nitrogens with zero attached hydrogens (tertiary/aromatic N) is 2. The molecule has 1 heterocycles. The van der Waals surface area contributed by atoms with Gasteiger partial charge in [-0.1, -0.05) is 29.3 Å². The van der Waals surface area contributed by atoms with Gasteiger partial charge in [-0.05, 0) is 25.5 Å². The number of para-hydroxylation sites is 1. The molecule has 20 heavy (non-hydrogen) atoms.